The lowest BCUT2D eigenvalue weighted by Crippen LogP contribution is -2.49. The Kier molecular flexibility index (Phi) is 8.99. The summed E-state index contributed by atoms with van der Waals surface area (Å²) in [7, 11) is 3.07. The average Bonchev–Trinajstić information content (AvgIpc) is 3.55. The van der Waals surface area contributed by atoms with Crippen LogP contribution in [0.25, 0.3) is 0 Å². The van der Waals surface area contributed by atoms with Crippen molar-refractivity contribution >= 4 is 18.0 Å². The Balaban J connectivity index is 1.78. The highest BCUT2D eigenvalue weighted by atomic mass is 16.7. The number of nitrogens with zero attached hydrogens (tertiary/aromatic N) is 1. The summed E-state index contributed by atoms with van der Waals surface area (Å²) >= 11 is 0. The molecule has 0 aromatic heterocycles. The van der Waals surface area contributed by atoms with Crippen LogP contribution in [0, 0.1) is 17.8 Å². The lowest BCUT2D eigenvalue weighted by Gasteiger charge is -2.32. The minimum atomic E-state index is -0.954. The summed E-state index contributed by atoms with van der Waals surface area (Å²) in [6.45, 7) is 9.39. The fourth-order valence-corrected chi connectivity index (χ4v) is 5.11. The van der Waals surface area contributed by atoms with Gasteiger partial charge in [0.15, 0.2) is 23.0 Å². The van der Waals surface area contributed by atoms with Gasteiger partial charge in [-0.1, -0.05) is 26.0 Å². The molecule has 2 aliphatic rings. The van der Waals surface area contributed by atoms with Gasteiger partial charge in [-0.15, -0.1) is 0 Å². The number of ether oxygens (including phenoxy) is 6. The van der Waals surface area contributed by atoms with Gasteiger partial charge in [0, 0.05) is 0 Å². The predicted octanol–water partition coefficient (Wildman–Crippen LogP) is 4.80. The Hall–Kier alpha value is -3.95. The van der Waals surface area contributed by atoms with Crippen molar-refractivity contribution in [3.05, 3.63) is 47.5 Å². The number of amides is 2. The second-order valence-electron chi connectivity index (χ2n) is 11.6. The summed E-state index contributed by atoms with van der Waals surface area (Å²) < 4.78 is 33.0. The van der Waals surface area contributed by atoms with E-state index in [1.54, 1.807) is 52.1 Å². The monoisotopic (exact) mass is 569 g/mol. The van der Waals surface area contributed by atoms with Crippen LogP contribution in [0.3, 0.4) is 0 Å². The van der Waals surface area contributed by atoms with E-state index in [1.165, 1.54) is 12.0 Å². The van der Waals surface area contributed by atoms with Gasteiger partial charge >= 0.3 is 12.1 Å². The number of hydrogen-bond acceptors (Lipinski definition) is 9. The number of methoxy groups -OCH3 is 2. The largest absolute Gasteiger partial charge is 0.493 e. The van der Waals surface area contributed by atoms with E-state index < -0.39 is 41.4 Å². The Bertz CT molecular complexity index is 1280. The van der Waals surface area contributed by atoms with E-state index in [2.05, 4.69) is 0 Å². The van der Waals surface area contributed by atoms with E-state index in [0.717, 1.165) is 11.1 Å². The van der Waals surface area contributed by atoms with Gasteiger partial charge in [-0.25, -0.2) is 9.69 Å². The van der Waals surface area contributed by atoms with Crippen LogP contribution in [-0.4, -0.2) is 62.1 Å². The first-order valence-electron chi connectivity index (χ1n) is 13.7. The normalized spacial score (nSPS) is 17.7. The molecule has 0 aliphatic carbocycles. The first kappa shape index (κ1) is 30.0. The van der Waals surface area contributed by atoms with Crippen LogP contribution in [0.5, 0.6) is 23.0 Å². The fourth-order valence-electron chi connectivity index (χ4n) is 5.11. The van der Waals surface area contributed by atoms with Crippen molar-refractivity contribution in [2.45, 2.75) is 59.1 Å². The van der Waals surface area contributed by atoms with Crippen molar-refractivity contribution in [3.63, 3.8) is 0 Å². The highest BCUT2D eigenvalue weighted by Gasteiger charge is 2.46. The van der Waals surface area contributed by atoms with Crippen LogP contribution in [0.1, 0.15) is 45.7 Å². The smallest absolute Gasteiger partial charge is 0.416 e. The molecular formula is C31H39NO9. The molecule has 0 spiro atoms. The molecule has 10 heteroatoms. The van der Waals surface area contributed by atoms with Crippen LogP contribution in [0.15, 0.2) is 36.4 Å². The molecule has 2 aromatic rings. The van der Waals surface area contributed by atoms with Gasteiger partial charge in [0.25, 0.3) is 0 Å². The number of carbonyl (C=O) groups excluding carboxylic acids is 3. The van der Waals surface area contributed by atoms with Crippen LogP contribution in [0.4, 0.5) is 4.79 Å². The number of fused-ring (bicyclic) bond motifs is 1. The summed E-state index contributed by atoms with van der Waals surface area (Å²) in [6.07, 6.45) is -0.398. The van der Waals surface area contributed by atoms with E-state index in [0.29, 0.717) is 23.0 Å². The SMILES string of the molecule is COc1ccc(CC(C(=O)OC(C)(C)C)C(Cc2ccc3c(c2)OCO3)C(=O)N2C(=O)OCC2C(C)C)cc1OC. The molecule has 3 atom stereocenters. The summed E-state index contributed by atoms with van der Waals surface area (Å²) in [6, 6.07) is 10.3. The third-order valence-corrected chi connectivity index (χ3v) is 7.22. The van der Waals surface area contributed by atoms with Gasteiger partial charge in [-0.05, 0) is 74.9 Å². The molecule has 3 unspecified atom stereocenters. The van der Waals surface area contributed by atoms with Crippen LogP contribution in [0.2, 0.25) is 0 Å². The van der Waals surface area contributed by atoms with E-state index in [-0.39, 0.29) is 32.2 Å². The lowest BCUT2D eigenvalue weighted by molar-refractivity contribution is -0.165. The van der Waals surface area contributed by atoms with Crippen molar-refractivity contribution in [3.8, 4) is 23.0 Å². The second-order valence-corrected chi connectivity index (χ2v) is 11.6. The highest BCUT2D eigenvalue weighted by molar-refractivity contribution is 5.97. The zero-order valence-electron chi connectivity index (χ0n) is 24.7. The number of cyclic esters (lactones) is 1. The van der Waals surface area contributed by atoms with Gasteiger partial charge < -0.3 is 28.4 Å². The number of imide groups is 1. The minimum Gasteiger partial charge on any atom is -0.493 e. The van der Waals surface area contributed by atoms with Crippen molar-refractivity contribution in [2.24, 2.45) is 17.8 Å². The molecule has 41 heavy (non-hydrogen) atoms. The molecule has 0 radical (unpaired) electrons. The predicted molar refractivity (Wildman–Crippen MR) is 149 cm³/mol. The maximum Gasteiger partial charge on any atom is 0.416 e. The minimum absolute atomic E-state index is 0.0394. The molecule has 2 aromatic carbocycles. The summed E-state index contributed by atoms with van der Waals surface area (Å²) in [5.41, 5.74) is 0.695. The number of rotatable bonds is 10. The van der Waals surface area contributed by atoms with Crippen LogP contribution >= 0.6 is 0 Å². The zero-order valence-corrected chi connectivity index (χ0v) is 24.7. The summed E-state index contributed by atoms with van der Waals surface area (Å²) in [5.74, 6) is -0.761. The Morgan fingerprint density at radius 2 is 1.54 bits per heavy atom. The molecule has 1 fully saturated rings. The topological polar surface area (TPSA) is 110 Å². The van der Waals surface area contributed by atoms with Gasteiger partial charge in [-0.3, -0.25) is 9.59 Å². The maximum absolute atomic E-state index is 14.4. The molecule has 222 valence electrons. The lowest BCUT2D eigenvalue weighted by atomic mass is 9.81. The third kappa shape index (κ3) is 6.86. The Labute approximate surface area is 240 Å². The number of benzene rings is 2. The fraction of sp³-hybridized carbons (Fsp3) is 0.516. The molecule has 2 amide bonds. The summed E-state index contributed by atoms with van der Waals surface area (Å²) in [4.78, 5) is 42.3. The molecule has 10 nitrogen and oxygen atoms in total. The third-order valence-electron chi connectivity index (χ3n) is 7.22. The molecular weight excluding hydrogens is 530 g/mol. The van der Waals surface area contributed by atoms with Gasteiger partial charge in [-0.2, -0.15) is 0 Å². The zero-order chi connectivity index (χ0) is 29.9. The number of hydrogen-bond donors (Lipinski definition) is 0. The van der Waals surface area contributed by atoms with Gasteiger partial charge in [0.1, 0.15) is 12.2 Å². The van der Waals surface area contributed by atoms with E-state index in [9.17, 15) is 14.4 Å². The van der Waals surface area contributed by atoms with E-state index in [4.69, 9.17) is 28.4 Å². The Morgan fingerprint density at radius 1 is 0.902 bits per heavy atom. The number of carbonyl (C=O) groups is 3. The van der Waals surface area contributed by atoms with Crippen LogP contribution in [-0.2, 0) is 31.9 Å². The number of esters is 1. The first-order chi connectivity index (χ1) is 19.4. The van der Waals surface area contributed by atoms with Gasteiger partial charge in [0.2, 0.25) is 12.7 Å². The van der Waals surface area contributed by atoms with E-state index in [1.807, 2.05) is 26.0 Å². The second kappa shape index (κ2) is 12.3. The molecule has 4 rings (SSSR count). The molecule has 0 N–H and O–H groups in total. The standard InChI is InChI=1S/C31H39NO9/c1-18(2)23-16-38-30(35)32(23)28(33)21(12-19-9-11-25-27(15-19)40-17-39-25)22(29(34)41-31(3,4)5)13-20-8-10-24(36-6)26(14-20)37-7/h8-11,14-15,18,21-23H,12-13,16-17H2,1-7H3. The average molecular weight is 570 g/mol. The van der Waals surface area contributed by atoms with Crippen molar-refractivity contribution < 1.29 is 42.8 Å². The molecule has 2 aliphatic heterocycles. The maximum atomic E-state index is 14.4. The highest BCUT2D eigenvalue weighted by Crippen LogP contribution is 2.37. The van der Waals surface area contributed by atoms with Crippen molar-refractivity contribution in [1.82, 2.24) is 4.90 Å². The molecule has 0 saturated carbocycles. The first-order valence-corrected chi connectivity index (χ1v) is 13.7. The van der Waals surface area contributed by atoms with Crippen molar-refractivity contribution in [1.29, 1.82) is 0 Å². The molecule has 1 saturated heterocycles. The quantitative estimate of drug-likeness (QED) is 0.373. The van der Waals surface area contributed by atoms with E-state index >= 15 is 0 Å². The van der Waals surface area contributed by atoms with Gasteiger partial charge in [0.05, 0.1) is 32.1 Å². The Morgan fingerprint density at radius 3 is 2.20 bits per heavy atom. The molecule has 0 bridgehead atoms. The summed E-state index contributed by atoms with van der Waals surface area (Å²) in [5, 5.41) is 0. The molecule has 2 heterocycles. The van der Waals surface area contributed by atoms with Crippen molar-refractivity contribution in [2.75, 3.05) is 27.6 Å². The van der Waals surface area contributed by atoms with Crippen LogP contribution < -0.4 is 18.9 Å².